The summed E-state index contributed by atoms with van der Waals surface area (Å²) in [5.74, 6) is -1.88. The van der Waals surface area contributed by atoms with Crippen molar-refractivity contribution in [2.45, 2.75) is 74.0 Å². The largest absolute Gasteiger partial charge is 0.411 e. The molecule has 0 aliphatic carbocycles. The van der Waals surface area contributed by atoms with Crippen LogP contribution in [-0.2, 0) is 38.2 Å². The van der Waals surface area contributed by atoms with Crippen LogP contribution in [0.3, 0.4) is 0 Å². The molecule has 5 nitrogen and oxygen atoms in total. The molecule has 2 unspecified atom stereocenters. The van der Waals surface area contributed by atoms with Gasteiger partial charge in [-0.3, -0.25) is 14.6 Å². The Hall–Kier alpha value is -1.51. The van der Waals surface area contributed by atoms with Crippen molar-refractivity contribution < 1.29 is 40.6 Å². The Labute approximate surface area is 268 Å². The summed E-state index contributed by atoms with van der Waals surface area (Å²) < 4.78 is 102. The topological polar surface area (TPSA) is 42.0 Å². The van der Waals surface area contributed by atoms with E-state index in [0.717, 1.165) is 20.9 Å². The number of Topliss-reactive ketones (excluding diaryl/α,β-unsaturated/α-hetero) is 1. The third-order valence-electron chi connectivity index (χ3n) is 9.82. The molecule has 44 heavy (non-hydrogen) atoms. The monoisotopic (exact) mass is 752 g/mol. The molecule has 0 aromatic heterocycles. The van der Waals surface area contributed by atoms with Gasteiger partial charge in [-0.05, 0) is 72.2 Å². The second-order valence-electron chi connectivity index (χ2n) is 12.5. The van der Waals surface area contributed by atoms with E-state index in [-0.39, 0.29) is 26.2 Å². The van der Waals surface area contributed by atoms with E-state index in [1.807, 2.05) is 24.3 Å². The highest BCUT2D eigenvalue weighted by Crippen LogP contribution is 2.47. The predicted octanol–water partition coefficient (Wildman–Crippen LogP) is 7.07. The van der Waals surface area contributed by atoms with Crippen molar-refractivity contribution in [2.75, 3.05) is 39.5 Å². The molecule has 2 fully saturated rings. The van der Waals surface area contributed by atoms with Crippen molar-refractivity contribution in [1.29, 1.82) is 0 Å². The van der Waals surface area contributed by atoms with Crippen LogP contribution in [0.15, 0.2) is 45.3 Å². The minimum atomic E-state index is -5.23. The summed E-state index contributed by atoms with van der Waals surface area (Å²) in [6, 6.07) is 4.89. The Balaban J connectivity index is 1.41. The van der Waals surface area contributed by atoms with E-state index in [1.165, 1.54) is 0 Å². The Bertz CT molecular complexity index is 1300. The lowest BCUT2D eigenvalue weighted by atomic mass is 9.69. The number of benzene rings is 2. The van der Waals surface area contributed by atoms with Crippen molar-refractivity contribution in [1.82, 2.24) is 9.80 Å². The van der Waals surface area contributed by atoms with Gasteiger partial charge in [-0.15, -0.1) is 0 Å². The van der Waals surface area contributed by atoms with Crippen LogP contribution in [0.2, 0.25) is 0 Å². The Kier molecular flexibility index (Phi) is 8.80. The van der Waals surface area contributed by atoms with Crippen LogP contribution in [0.1, 0.15) is 47.9 Å². The van der Waals surface area contributed by atoms with E-state index in [0.29, 0.717) is 72.2 Å². The third-order valence-corrected chi connectivity index (χ3v) is 10.8. The van der Waals surface area contributed by atoms with Crippen LogP contribution in [0.4, 0.5) is 26.3 Å². The maximum absolute atomic E-state index is 15.0. The molecule has 2 atom stereocenters. The SMILES string of the molecule is O=C(C(N1Cc2cc(Br)ccc2C2(CCOCC2)C1)C(F)(F)F)C(N1Cc2cc(Br)ccc2C2(CCOCC2)C1)C(F)(F)F. The molecular formula is C31H32Br2F6N2O3. The summed E-state index contributed by atoms with van der Waals surface area (Å²) in [5, 5.41) is 0. The molecule has 4 heterocycles. The van der Waals surface area contributed by atoms with Crippen LogP contribution >= 0.6 is 31.9 Å². The third kappa shape index (κ3) is 6.01. The van der Waals surface area contributed by atoms with E-state index in [9.17, 15) is 4.79 Å². The molecule has 0 N–H and O–H groups in total. The van der Waals surface area contributed by atoms with Crippen LogP contribution < -0.4 is 0 Å². The van der Waals surface area contributed by atoms with Gasteiger partial charge in [-0.2, -0.15) is 26.3 Å². The molecule has 4 aliphatic rings. The molecule has 4 aliphatic heterocycles. The number of hydrogen-bond donors (Lipinski definition) is 0. The van der Waals surface area contributed by atoms with Crippen molar-refractivity contribution >= 4 is 37.6 Å². The molecule has 2 saturated heterocycles. The Morgan fingerprint density at radius 1 is 0.682 bits per heavy atom. The van der Waals surface area contributed by atoms with Gasteiger partial charge in [0.25, 0.3) is 0 Å². The lowest BCUT2D eigenvalue weighted by Crippen LogP contribution is -2.65. The summed E-state index contributed by atoms with van der Waals surface area (Å²) in [4.78, 5) is 15.9. The molecular weight excluding hydrogens is 722 g/mol. The first-order valence-corrected chi connectivity index (χ1v) is 16.2. The zero-order valence-electron chi connectivity index (χ0n) is 23.7. The second kappa shape index (κ2) is 11.9. The molecule has 0 bridgehead atoms. The van der Waals surface area contributed by atoms with Gasteiger partial charge in [-0.1, -0.05) is 44.0 Å². The molecule has 2 aromatic rings. The van der Waals surface area contributed by atoms with Crippen LogP contribution in [0.5, 0.6) is 0 Å². The van der Waals surface area contributed by atoms with Crippen molar-refractivity contribution in [2.24, 2.45) is 0 Å². The molecule has 2 aromatic carbocycles. The minimum absolute atomic E-state index is 0.192. The molecule has 0 saturated carbocycles. The van der Waals surface area contributed by atoms with E-state index in [1.54, 1.807) is 12.1 Å². The van der Waals surface area contributed by atoms with E-state index in [2.05, 4.69) is 31.9 Å². The molecule has 0 radical (unpaired) electrons. The highest BCUT2D eigenvalue weighted by atomic mass is 79.9. The first kappa shape index (κ1) is 32.4. The fourth-order valence-corrected chi connectivity index (χ4v) is 8.73. The lowest BCUT2D eigenvalue weighted by molar-refractivity contribution is -0.218. The first-order chi connectivity index (χ1) is 20.7. The summed E-state index contributed by atoms with van der Waals surface area (Å²) >= 11 is 6.77. The molecule has 0 amide bonds. The van der Waals surface area contributed by atoms with E-state index in [4.69, 9.17) is 9.47 Å². The van der Waals surface area contributed by atoms with Gasteiger partial charge in [0, 0.05) is 72.4 Å². The van der Waals surface area contributed by atoms with Crippen molar-refractivity contribution in [3.8, 4) is 0 Å². The average molecular weight is 754 g/mol. The summed E-state index contributed by atoms with van der Waals surface area (Å²) in [7, 11) is 0. The number of nitrogens with zero attached hydrogens (tertiary/aromatic N) is 2. The zero-order valence-corrected chi connectivity index (χ0v) is 26.9. The highest BCUT2D eigenvalue weighted by Gasteiger charge is 2.61. The number of alkyl halides is 6. The number of carbonyl (C=O) groups excluding carboxylic acids is 1. The predicted molar refractivity (Wildman–Crippen MR) is 157 cm³/mol. The van der Waals surface area contributed by atoms with Crippen LogP contribution in [-0.4, -0.2) is 79.5 Å². The van der Waals surface area contributed by atoms with Gasteiger partial charge >= 0.3 is 12.4 Å². The number of fused-ring (bicyclic) bond motifs is 4. The summed E-state index contributed by atoms with van der Waals surface area (Å²) in [5.41, 5.74) is 1.31. The summed E-state index contributed by atoms with van der Waals surface area (Å²) in [6.07, 6.45) is -8.85. The molecule has 13 heteroatoms. The van der Waals surface area contributed by atoms with Crippen molar-refractivity contribution in [3.63, 3.8) is 0 Å². The number of rotatable bonds is 4. The van der Waals surface area contributed by atoms with Gasteiger partial charge in [0.2, 0.25) is 0 Å². The molecule has 2 spiro atoms. The van der Waals surface area contributed by atoms with Gasteiger partial charge in [0.05, 0.1) is 0 Å². The van der Waals surface area contributed by atoms with Crippen LogP contribution in [0.25, 0.3) is 0 Å². The zero-order chi connectivity index (χ0) is 31.5. The fourth-order valence-electron chi connectivity index (χ4n) is 7.91. The van der Waals surface area contributed by atoms with Gasteiger partial charge in [0.15, 0.2) is 17.9 Å². The smallest absolute Gasteiger partial charge is 0.381 e. The number of ketones is 1. The molecule has 6 rings (SSSR count). The van der Waals surface area contributed by atoms with E-state index >= 15 is 26.3 Å². The minimum Gasteiger partial charge on any atom is -0.381 e. The van der Waals surface area contributed by atoms with Gasteiger partial charge < -0.3 is 9.47 Å². The number of carbonyl (C=O) groups is 1. The quantitative estimate of drug-likeness (QED) is 0.313. The Morgan fingerprint density at radius 2 is 1.05 bits per heavy atom. The first-order valence-electron chi connectivity index (χ1n) is 14.6. The highest BCUT2D eigenvalue weighted by molar-refractivity contribution is 9.10. The average Bonchev–Trinajstić information content (AvgIpc) is 2.92. The van der Waals surface area contributed by atoms with E-state index < -0.39 is 41.0 Å². The fraction of sp³-hybridized carbons (Fsp3) is 0.581. The van der Waals surface area contributed by atoms with Gasteiger partial charge in [0.1, 0.15) is 0 Å². The van der Waals surface area contributed by atoms with Gasteiger partial charge in [-0.25, -0.2) is 0 Å². The van der Waals surface area contributed by atoms with Crippen LogP contribution in [0, 0.1) is 0 Å². The standard InChI is InChI=1S/C31H32Br2F6N2O3/c32-21-1-3-23-19(13-21)15-40(17-28(23)5-9-43-10-6-28)26(30(34,35)36)25(42)27(31(37,38)39)41-16-20-14-22(33)2-4-24(20)29(18-41)7-11-44-12-8-29/h1-4,13-14,26-27H,5-12,15-18H2. The second-order valence-corrected chi connectivity index (χ2v) is 14.3. The maximum atomic E-state index is 15.0. The Morgan fingerprint density at radius 3 is 1.39 bits per heavy atom. The number of ether oxygens (including phenoxy) is 2. The van der Waals surface area contributed by atoms with Crippen molar-refractivity contribution in [3.05, 3.63) is 67.6 Å². The molecule has 240 valence electrons. The maximum Gasteiger partial charge on any atom is 0.411 e. The number of halogens is 8. The normalized spacial score (nSPS) is 23.6. The number of hydrogen-bond acceptors (Lipinski definition) is 5. The lowest BCUT2D eigenvalue weighted by Gasteiger charge is -2.50. The summed E-state index contributed by atoms with van der Waals surface area (Å²) in [6.45, 7) is 0.276.